The van der Waals surface area contributed by atoms with Crippen molar-refractivity contribution in [1.29, 1.82) is 0 Å². The van der Waals surface area contributed by atoms with Gasteiger partial charge >= 0.3 is 0 Å². The molecular weight excluding hydrogens is 516 g/mol. The zero-order valence-corrected chi connectivity index (χ0v) is 23.3. The number of carbonyl (C=O) groups is 3. The average molecular weight is 549 g/mol. The third-order valence-corrected chi connectivity index (χ3v) is 8.71. The molecule has 6 rings (SSSR count). The lowest BCUT2D eigenvalue weighted by molar-refractivity contribution is -0.143. The Morgan fingerprint density at radius 1 is 1.23 bits per heavy atom. The summed E-state index contributed by atoms with van der Waals surface area (Å²) in [5.41, 5.74) is 2.95. The third kappa shape index (κ3) is 4.46. The molecule has 0 bridgehead atoms. The second-order valence-electron chi connectivity index (χ2n) is 12.3. The van der Waals surface area contributed by atoms with Crippen molar-refractivity contribution in [3.8, 4) is 0 Å². The number of likely N-dealkylation sites (tertiary alicyclic amines) is 1. The summed E-state index contributed by atoms with van der Waals surface area (Å²) >= 11 is 6.57. The van der Waals surface area contributed by atoms with Gasteiger partial charge in [0.25, 0.3) is 0 Å². The van der Waals surface area contributed by atoms with Gasteiger partial charge in [0.2, 0.25) is 17.7 Å². The quantitative estimate of drug-likeness (QED) is 0.513. The number of aromatic amines is 1. The van der Waals surface area contributed by atoms with Crippen LogP contribution in [0.25, 0.3) is 10.9 Å². The highest BCUT2D eigenvalue weighted by molar-refractivity contribution is 6.35. The smallest absolute Gasteiger partial charge is 0.236 e. The van der Waals surface area contributed by atoms with Gasteiger partial charge in [-0.25, -0.2) is 4.98 Å². The molecule has 3 amide bonds. The summed E-state index contributed by atoms with van der Waals surface area (Å²) in [5, 5.41) is 11.6. The van der Waals surface area contributed by atoms with Crippen LogP contribution < -0.4 is 5.32 Å². The number of rotatable bonds is 3. The maximum absolute atomic E-state index is 13.9. The third-order valence-electron chi connectivity index (χ3n) is 8.41. The molecule has 9 nitrogen and oxygen atoms in total. The molecule has 204 valence electrons. The van der Waals surface area contributed by atoms with Gasteiger partial charge < -0.3 is 15.1 Å². The van der Waals surface area contributed by atoms with Crippen molar-refractivity contribution in [2.24, 2.45) is 11.3 Å². The zero-order valence-electron chi connectivity index (χ0n) is 22.5. The minimum atomic E-state index is -0.645. The minimum Gasteiger partial charge on any atom is -0.343 e. The molecule has 1 aromatic carbocycles. The summed E-state index contributed by atoms with van der Waals surface area (Å²) < 4.78 is 0. The minimum absolute atomic E-state index is 0.00843. The van der Waals surface area contributed by atoms with Gasteiger partial charge in [0.1, 0.15) is 5.82 Å². The Hall–Kier alpha value is -3.46. The van der Waals surface area contributed by atoms with Crippen LogP contribution in [0.15, 0.2) is 30.6 Å². The number of H-pyrrole nitrogens is 1. The number of nitrogens with zero attached hydrogens (tertiary/aromatic N) is 4. The molecule has 1 atom stereocenters. The van der Waals surface area contributed by atoms with Crippen molar-refractivity contribution in [1.82, 2.24) is 25.0 Å². The summed E-state index contributed by atoms with van der Waals surface area (Å²) in [6.45, 7) is 8.29. The van der Waals surface area contributed by atoms with Crippen molar-refractivity contribution >= 4 is 46.0 Å². The van der Waals surface area contributed by atoms with E-state index >= 15 is 0 Å². The molecule has 1 saturated heterocycles. The van der Waals surface area contributed by atoms with Crippen molar-refractivity contribution in [3.63, 3.8) is 0 Å². The lowest BCUT2D eigenvalue weighted by atomic mass is 9.74. The summed E-state index contributed by atoms with van der Waals surface area (Å²) in [5.74, 6) is 0.0269. The highest BCUT2D eigenvalue weighted by Crippen LogP contribution is 2.44. The molecule has 1 fully saturated rings. The lowest BCUT2D eigenvalue weighted by Gasteiger charge is -2.38. The number of hydrogen-bond acceptors (Lipinski definition) is 5. The number of aromatic nitrogens is 3. The molecule has 3 aliphatic heterocycles. The first-order valence-electron chi connectivity index (χ1n) is 13.5. The number of carbonyl (C=O) groups excluding carboxylic acids is 3. The normalized spacial score (nSPS) is 20.7. The Morgan fingerprint density at radius 2 is 2.00 bits per heavy atom. The van der Waals surface area contributed by atoms with Crippen LogP contribution in [0.1, 0.15) is 56.7 Å². The standard InChI is InChI=1S/C29H33ClN6O3/c1-28(2,3)16-36-15-20-17(12-22(30)24-19(20)14-32-34-24)11-18(26(36)38)13-23(37)35-9-6-29(7-10-35)21-5-4-8-31-25(21)33-27(29)39/h4-5,8,12,14,18H,6-7,9-11,13,15-16H2,1-3H3,(H,32,34)(H,31,33,39)/t18-/m1/s1. The summed E-state index contributed by atoms with van der Waals surface area (Å²) in [6.07, 6.45) is 5.08. The van der Waals surface area contributed by atoms with E-state index in [9.17, 15) is 14.4 Å². The molecule has 2 aromatic heterocycles. The summed E-state index contributed by atoms with van der Waals surface area (Å²) in [4.78, 5) is 48.4. The van der Waals surface area contributed by atoms with E-state index in [-0.39, 0.29) is 29.6 Å². The van der Waals surface area contributed by atoms with Crippen LogP contribution in [0.2, 0.25) is 5.02 Å². The molecule has 0 unspecified atom stereocenters. The highest BCUT2D eigenvalue weighted by atomic mass is 35.5. The van der Waals surface area contributed by atoms with Crippen LogP contribution in [0, 0.1) is 11.3 Å². The maximum Gasteiger partial charge on any atom is 0.236 e. The van der Waals surface area contributed by atoms with Crippen LogP contribution in [0.5, 0.6) is 0 Å². The summed E-state index contributed by atoms with van der Waals surface area (Å²) in [7, 11) is 0. The van der Waals surface area contributed by atoms with Gasteiger partial charge in [-0.1, -0.05) is 38.4 Å². The van der Waals surface area contributed by atoms with Crippen LogP contribution in [-0.4, -0.2) is 62.3 Å². The largest absolute Gasteiger partial charge is 0.343 e. The molecule has 10 heteroatoms. The SMILES string of the molecule is CC(C)(C)CN1Cc2c(cc(Cl)c3[nH]ncc23)C[C@H](CC(=O)N2CCC3(CC2)C(=O)Nc2ncccc23)C1=O. The molecule has 0 radical (unpaired) electrons. The number of pyridine rings is 1. The zero-order chi connectivity index (χ0) is 27.5. The second kappa shape index (κ2) is 9.33. The number of fused-ring (bicyclic) bond motifs is 5. The van der Waals surface area contributed by atoms with E-state index in [4.69, 9.17) is 11.6 Å². The van der Waals surface area contributed by atoms with Crippen molar-refractivity contribution in [2.75, 3.05) is 25.0 Å². The molecule has 2 N–H and O–H groups in total. The van der Waals surface area contributed by atoms with Gasteiger partial charge in [0, 0.05) is 49.7 Å². The number of benzene rings is 1. The van der Waals surface area contributed by atoms with Crippen LogP contribution in [0.3, 0.4) is 0 Å². The molecule has 0 saturated carbocycles. The van der Waals surface area contributed by atoms with Gasteiger partial charge in [-0.15, -0.1) is 0 Å². The molecule has 39 heavy (non-hydrogen) atoms. The van der Waals surface area contributed by atoms with E-state index in [0.29, 0.717) is 56.3 Å². The van der Waals surface area contributed by atoms with E-state index in [1.54, 1.807) is 12.4 Å². The monoisotopic (exact) mass is 548 g/mol. The predicted molar refractivity (Wildman–Crippen MR) is 148 cm³/mol. The van der Waals surface area contributed by atoms with E-state index in [1.165, 1.54) is 0 Å². The van der Waals surface area contributed by atoms with Gasteiger partial charge in [-0.3, -0.25) is 19.5 Å². The van der Waals surface area contributed by atoms with Gasteiger partial charge in [-0.05, 0) is 47.9 Å². The van der Waals surface area contributed by atoms with Gasteiger partial charge in [-0.2, -0.15) is 5.10 Å². The number of nitrogens with one attached hydrogen (secondary N) is 2. The molecule has 1 spiro atoms. The van der Waals surface area contributed by atoms with Crippen LogP contribution in [-0.2, 0) is 32.8 Å². The predicted octanol–water partition coefficient (Wildman–Crippen LogP) is 4.06. The Labute approximate surface area is 232 Å². The number of piperidine rings is 1. The first-order chi connectivity index (χ1) is 18.6. The number of anilines is 1. The van der Waals surface area contributed by atoms with E-state index in [1.807, 2.05) is 28.0 Å². The molecule has 3 aromatic rings. The molecule has 5 heterocycles. The average Bonchev–Trinajstić information content (AvgIpc) is 3.45. The Bertz CT molecular complexity index is 1480. The van der Waals surface area contributed by atoms with Gasteiger partial charge in [0.05, 0.1) is 28.1 Å². The van der Waals surface area contributed by atoms with Crippen molar-refractivity contribution in [2.45, 2.75) is 58.4 Å². The molecular formula is C29H33ClN6O3. The summed E-state index contributed by atoms with van der Waals surface area (Å²) in [6, 6.07) is 5.71. The van der Waals surface area contributed by atoms with E-state index in [0.717, 1.165) is 27.6 Å². The topological polar surface area (TPSA) is 111 Å². The molecule has 0 aliphatic carbocycles. The number of hydrogen-bond donors (Lipinski definition) is 2. The first-order valence-corrected chi connectivity index (χ1v) is 13.9. The number of amides is 3. The fraction of sp³-hybridized carbons (Fsp3) is 0.483. The maximum atomic E-state index is 13.9. The van der Waals surface area contributed by atoms with E-state index in [2.05, 4.69) is 41.3 Å². The number of halogens is 1. The van der Waals surface area contributed by atoms with Crippen molar-refractivity contribution in [3.05, 3.63) is 52.3 Å². The fourth-order valence-corrected chi connectivity index (χ4v) is 6.79. The highest BCUT2D eigenvalue weighted by Gasteiger charge is 2.49. The van der Waals surface area contributed by atoms with Crippen molar-refractivity contribution < 1.29 is 14.4 Å². The Balaban J connectivity index is 1.23. The van der Waals surface area contributed by atoms with Crippen LogP contribution >= 0.6 is 11.6 Å². The second-order valence-corrected chi connectivity index (χ2v) is 12.7. The van der Waals surface area contributed by atoms with E-state index < -0.39 is 11.3 Å². The Morgan fingerprint density at radius 3 is 2.74 bits per heavy atom. The van der Waals surface area contributed by atoms with Gasteiger partial charge in [0.15, 0.2) is 0 Å². The Kier molecular flexibility index (Phi) is 6.17. The fourth-order valence-electron chi connectivity index (χ4n) is 6.51. The van der Waals surface area contributed by atoms with Crippen LogP contribution in [0.4, 0.5) is 5.82 Å². The first kappa shape index (κ1) is 25.8. The lowest BCUT2D eigenvalue weighted by Crippen LogP contribution is -2.49. The molecule has 3 aliphatic rings.